The standard InChI is InChI=1S/C26H22F4N6O2S/c1-12-9-33-20(38-12)11-37-19-10-34-22-16(35-19)3-4-32-17(22)7-13-5-14(21(28)15(27)6-13)25(2)18-8-26(18,23(29)30)39-24(31)36-25/h3-6,9-10,18,23H,7-8,11H2,1-2H3,(H2,31,36)/t18-,25+,26-/m0/s1. The zero-order valence-corrected chi connectivity index (χ0v) is 21.6. The summed E-state index contributed by atoms with van der Waals surface area (Å²) in [6.45, 7) is 3.37. The number of alkyl halides is 2. The predicted octanol–water partition coefficient (Wildman–Crippen LogP) is 5.07. The summed E-state index contributed by atoms with van der Waals surface area (Å²) in [5, 5.41) is -0.0706. The molecule has 3 aromatic heterocycles. The molecule has 0 amide bonds. The Bertz CT molecular complexity index is 1630. The van der Waals surface area contributed by atoms with E-state index in [0.29, 0.717) is 33.9 Å². The maximum Gasteiger partial charge on any atom is 0.253 e. The van der Waals surface area contributed by atoms with Gasteiger partial charge in [0.05, 0.1) is 33.9 Å². The molecule has 0 radical (unpaired) electrons. The molecule has 0 unspecified atom stereocenters. The van der Waals surface area contributed by atoms with Crippen LogP contribution in [-0.4, -0.2) is 36.3 Å². The SMILES string of the molecule is Cc1cnc(COc2cnc3c(Cc4cc(F)c(F)c([C@@]5(C)N=C(N)S[C@@]6(C(F)F)C[C@@H]56)c4)nccc3n2)o1. The molecule has 0 spiro atoms. The number of thioether (sulfide) groups is 1. The molecule has 0 bridgehead atoms. The van der Waals surface area contributed by atoms with Gasteiger partial charge in [0, 0.05) is 24.1 Å². The Hall–Kier alpha value is -3.74. The van der Waals surface area contributed by atoms with Crippen molar-refractivity contribution in [2.75, 3.05) is 0 Å². The van der Waals surface area contributed by atoms with E-state index in [1.54, 1.807) is 19.2 Å². The number of hydrogen-bond donors (Lipinski definition) is 1. The molecule has 4 aromatic rings. The number of aryl methyl sites for hydroxylation is 1. The van der Waals surface area contributed by atoms with Crippen LogP contribution in [0.4, 0.5) is 17.6 Å². The fourth-order valence-electron chi connectivity index (χ4n) is 5.20. The Morgan fingerprint density at radius 2 is 2.03 bits per heavy atom. The number of ether oxygens (including phenoxy) is 1. The summed E-state index contributed by atoms with van der Waals surface area (Å²) in [4.78, 5) is 21.7. The molecule has 1 aliphatic carbocycles. The van der Waals surface area contributed by atoms with Crippen molar-refractivity contribution in [2.24, 2.45) is 16.6 Å². The highest BCUT2D eigenvalue weighted by Gasteiger charge is 2.71. The number of nitrogens with two attached hydrogens (primary N) is 1. The van der Waals surface area contributed by atoms with Crippen LogP contribution in [-0.2, 0) is 18.6 Å². The maximum absolute atomic E-state index is 15.1. The molecule has 8 nitrogen and oxygen atoms in total. The first-order valence-corrected chi connectivity index (χ1v) is 12.9. The molecular formula is C26H22F4N6O2S. The quantitative estimate of drug-likeness (QED) is 0.313. The molecule has 6 rings (SSSR count). The number of nitrogens with zero attached hydrogens (tertiary/aromatic N) is 5. The lowest BCUT2D eigenvalue weighted by Crippen LogP contribution is -2.39. The van der Waals surface area contributed by atoms with Crippen molar-refractivity contribution in [3.63, 3.8) is 0 Å². The third-order valence-corrected chi connectivity index (χ3v) is 8.48. The first-order chi connectivity index (χ1) is 18.6. The minimum absolute atomic E-state index is 0.0706. The van der Waals surface area contributed by atoms with Crippen molar-refractivity contribution in [2.45, 2.75) is 50.0 Å². The summed E-state index contributed by atoms with van der Waals surface area (Å²) < 4.78 is 67.4. The van der Waals surface area contributed by atoms with Crippen LogP contribution in [0.1, 0.15) is 41.8 Å². The lowest BCUT2D eigenvalue weighted by molar-refractivity contribution is 0.123. The van der Waals surface area contributed by atoms with Crippen molar-refractivity contribution in [3.8, 4) is 5.88 Å². The van der Waals surface area contributed by atoms with E-state index < -0.39 is 34.3 Å². The molecule has 1 aromatic carbocycles. The third-order valence-electron chi connectivity index (χ3n) is 7.17. The van der Waals surface area contributed by atoms with Crippen molar-refractivity contribution in [3.05, 3.63) is 76.9 Å². The van der Waals surface area contributed by atoms with E-state index in [1.807, 2.05) is 0 Å². The second-order valence-electron chi connectivity index (χ2n) is 9.81. The molecule has 39 heavy (non-hydrogen) atoms. The number of aromatic nitrogens is 4. The lowest BCUT2D eigenvalue weighted by Gasteiger charge is -2.34. The Morgan fingerprint density at radius 1 is 1.21 bits per heavy atom. The van der Waals surface area contributed by atoms with E-state index in [1.165, 1.54) is 25.4 Å². The van der Waals surface area contributed by atoms with E-state index in [9.17, 15) is 13.2 Å². The summed E-state index contributed by atoms with van der Waals surface area (Å²) >= 11 is 0.808. The number of rotatable bonds is 7. The van der Waals surface area contributed by atoms with Crippen molar-refractivity contribution < 1.29 is 26.7 Å². The van der Waals surface area contributed by atoms with Crippen molar-refractivity contribution >= 4 is 28.0 Å². The molecule has 4 heterocycles. The zero-order valence-electron chi connectivity index (χ0n) is 20.8. The van der Waals surface area contributed by atoms with Crippen LogP contribution in [0.15, 0.2) is 46.2 Å². The van der Waals surface area contributed by atoms with E-state index in [0.717, 1.165) is 17.8 Å². The van der Waals surface area contributed by atoms with E-state index in [4.69, 9.17) is 14.9 Å². The molecule has 2 N–H and O–H groups in total. The van der Waals surface area contributed by atoms with Gasteiger partial charge in [-0.2, -0.15) is 0 Å². The smallest absolute Gasteiger partial charge is 0.253 e. The number of pyridine rings is 1. The van der Waals surface area contributed by atoms with E-state index in [2.05, 4.69) is 24.9 Å². The van der Waals surface area contributed by atoms with Crippen LogP contribution in [0.5, 0.6) is 5.88 Å². The highest BCUT2D eigenvalue weighted by molar-refractivity contribution is 8.15. The zero-order chi connectivity index (χ0) is 27.5. The largest absolute Gasteiger partial charge is 0.467 e. The van der Waals surface area contributed by atoms with Crippen LogP contribution in [0, 0.1) is 24.5 Å². The summed E-state index contributed by atoms with van der Waals surface area (Å²) in [7, 11) is 0. The first kappa shape index (κ1) is 25.5. The summed E-state index contributed by atoms with van der Waals surface area (Å²) in [5.74, 6) is -1.63. The summed E-state index contributed by atoms with van der Waals surface area (Å²) in [6.07, 6.45) is 2.04. The third kappa shape index (κ3) is 4.38. The minimum Gasteiger partial charge on any atom is -0.467 e. The van der Waals surface area contributed by atoms with Gasteiger partial charge in [0.1, 0.15) is 11.3 Å². The summed E-state index contributed by atoms with van der Waals surface area (Å²) in [6, 6.07) is 4.16. The molecule has 1 fully saturated rings. The number of amidine groups is 1. The Morgan fingerprint density at radius 3 is 2.77 bits per heavy atom. The molecular weight excluding hydrogens is 536 g/mol. The fourth-order valence-corrected chi connectivity index (χ4v) is 6.54. The van der Waals surface area contributed by atoms with Gasteiger partial charge in [0.2, 0.25) is 11.8 Å². The number of hydrogen-bond acceptors (Lipinski definition) is 9. The van der Waals surface area contributed by atoms with Gasteiger partial charge in [-0.15, -0.1) is 0 Å². The molecule has 202 valence electrons. The van der Waals surface area contributed by atoms with Gasteiger partial charge < -0.3 is 14.9 Å². The lowest BCUT2D eigenvalue weighted by atomic mass is 9.84. The highest BCUT2D eigenvalue weighted by Crippen LogP contribution is 2.68. The van der Waals surface area contributed by atoms with Crippen LogP contribution < -0.4 is 10.5 Å². The minimum atomic E-state index is -2.68. The topological polar surface area (TPSA) is 112 Å². The number of halogens is 4. The van der Waals surface area contributed by atoms with Crippen molar-refractivity contribution in [1.82, 2.24) is 19.9 Å². The van der Waals surface area contributed by atoms with Gasteiger partial charge in [0.25, 0.3) is 6.43 Å². The average molecular weight is 559 g/mol. The Kier molecular flexibility index (Phi) is 6.01. The highest BCUT2D eigenvalue weighted by atomic mass is 32.2. The van der Waals surface area contributed by atoms with Crippen LogP contribution in [0.3, 0.4) is 0 Å². The van der Waals surface area contributed by atoms with Gasteiger partial charge in [-0.1, -0.05) is 11.8 Å². The van der Waals surface area contributed by atoms with Gasteiger partial charge in [0.15, 0.2) is 23.4 Å². The van der Waals surface area contributed by atoms with Gasteiger partial charge >= 0.3 is 0 Å². The number of oxazole rings is 1. The second-order valence-corrected chi connectivity index (χ2v) is 11.2. The monoisotopic (exact) mass is 558 g/mol. The summed E-state index contributed by atoms with van der Waals surface area (Å²) in [5.41, 5.74) is 6.11. The maximum atomic E-state index is 15.1. The van der Waals surface area contributed by atoms with Crippen LogP contribution in [0.2, 0.25) is 0 Å². The van der Waals surface area contributed by atoms with Gasteiger partial charge in [-0.3, -0.25) is 9.98 Å². The molecule has 0 saturated heterocycles. The molecule has 2 aliphatic rings. The van der Waals surface area contributed by atoms with Gasteiger partial charge in [-0.05, 0) is 44.0 Å². The predicted molar refractivity (Wildman–Crippen MR) is 135 cm³/mol. The number of fused-ring (bicyclic) bond motifs is 2. The molecule has 3 atom stereocenters. The Balaban J connectivity index is 1.30. The fraction of sp³-hybridized carbons (Fsp3) is 0.346. The van der Waals surface area contributed by atoms with E-state index in [-0.39, 0.29) is 36.1 Å². The van der Waals surface area contributed by atoms with Crippen LogP contribution in [0.25, 0.3) is 11.0 Å². The normalized spacial score (nSPS) is 24.1. The van der Waals surface area contributed by atoms with Gasteiger partial charge in [-0.25, -0.2) is 32.5 Å². The molecule has 13 heteroatoms. The second kappa shape index (κ2) is 9.18. The number of aliphatic imine (C=N–C) groups is 1. The Labute approximate surface area is 224 Å². The number of benzene rings is 1. The first-order valence-electron chi connectivity index (χ1n) is 12.0. The molecule has 1 saturated carbocycles. The average Bonchev–Trinajstić information content (AvgIpc) is 3.51. The van der Waals surface area contributed by atoms with E-state index >= 15 is 4.39 Å². The molecule has 1 aliphatic heterocycles. The van der Waals surface area contributed by atoms with Crippen molar-refractivity contribution in [1.29, 1.82) is 0 Å². The van der Waals surface area contributed by atoms with Crippen LogP contribution >= 0.6 is 11.8 Å².